The molecular weight excluding hydrogens is 450 g/mol. The molecule has 0 spiro atoms. The fourth-order valence-corrected chi connectivity index (χ4v) is 4.86. The van der Waals surface area contributed by atoms with Gasteiger partial charge in [0.2, 0.25) is 5.75 Å². The first-order chi connectivity index (χ1) is 16.9. The van der Waals surface area contributed by atoms with Gasteiger partial charge in [-0.3, -0.25) is 9.89 Å². The first-order valence-corrected chi connectivity index (χ1v) is 11.3. The summed E-state index contributed by atoms with van der Waals surface area (Å²) in [7, 11) is 6.29. The number of fused-ring (bicyclic) bond motifs is 1. The molecule has 1 unspecified atom stereocenters. The van der Waals surface area contributed by atoms with Crippen molar-refractivity contribution in [3.8, 4) is 34.3 Å². The number of hydrogen-bond donors (Lipinski definition) is 2. The van der Waals surface area contributed by atoms with Crippen molar-refractivity contribution in [3.05, 3.63) is 52.2 Å². The van der Waals surface area contributed by atoms with E-state index in [0.29, 0.717) is 59.3 Å². The average Bonchev–Trinajstić information content (AvgIpc) is 3.36. The number of nitrogens with one attached hydrogen (secondary N) is 1. The molecule has 2 heterocycles. The summed E-state index contributed by atoms with van der Waals surface area (Å²) < 4.78 is 21.9. The number of H-pyrrole nitrogens is 1. The van der Waals surface area contributed by atoms with Crippen LogP contribution in [0.1, 0.15) is 45.2 Å². The molecule has 1 amide bonds. The van der Waals surface area contributed by atoms with Gasteiger partial charge in [-0.15, -0.1) is 0 Å². The first kappa shape index (κ1) is 24.4. The SMILES string of the molecule is COCCCN1C(=O)c2[nH]nc(-c3c(C)cc(C)cc3O)c2C1c1cc(OC)c(OC)c(OC)c1. The molecule has 1 atom stereocenters. The van der Waals surface area contributed by atoms with E-state index >= 15 is 0 Å². The maximum Gasteiger partial charge on any atom is 0.273 e. The van der Waals surface area contributed by atoms with Gasteiger partial charge in [0.25, 0.3) is 5.91 Å². The lowest BCUT2D eigenvalue weighted by molar-refractivity contribution is 0.0723. The van der Waals surface area contributed by atoms with Crippen molar-refractivity contribution in [2.45, 2.75) is 26.3 Å². The first-order valence-electron chi connectivity index (χ1n) is 11.3. The molecular formula is C26H31N3O6. The lowest BCUT2D eigenvalue weighted by Gasteiger charge is -2.27. The highest BCUT2D eigenvalue weighted by atomic mass is 16.5. The van der Waals surface area contributed by atoms with Crippen LogP contribution in [-0.2, 0) is 4.74 Å². The number of aryl methyl sites for hydroxylation is 2. The zero-order valence-corrected chi connectivity index (χ0v) is 20.9. The zero-order chi connectivity index (χ0) is 25.3. The minimum absolute atomic E-state index is 0.116. The second kappa shape index (κ2) is 9.87. The molecule has 3 aromatic rings. The van der Waals surface area contributed by atoms with E-state index in [2.05, 4.69) is 10.2 Å². The maximum absolute atomic E-state index is 13.5. The van der Waals surface area contributed by atoms with Crippen LogP contribution < -0.4 is 14.2 Å². The van der Waals surface area contributed by atoms with Gasteiger partial charge < -0.3 is 29.0 Å². The second-order valence-corrected chi connectivity index (χ2v) is 8.54. The molecule has 4 rings (SSSR count). The van der Waals surface area contributed by atoms with Crippen LogP contribution in [0, 0.1) is 13.8 Å². The van der Waals surface area contributed by atoms with Crippen LogP contribution in [0.4, 0.5) is 0 Å². The Bertz CT molecular complexity index is 1200. The van der Waals surface area contributed by atoms with Gasteiger partial charge in [0.15, 0.2) is 11.5 Å². The van der Waals surface area contributed by atoms with E-state index in [-0.39, 0.29) is 11.7 Å². The molecule has 2 N–H and O–H groups in total. The number of rotatable bonds is 9. The Morgan fingerprint density at radius 3 is 2.29 bits per heavy atom. The van der Waals surface area contributed by atoms with Crippen molar-refractivity contribution in [1.29, 1.82) is 0 Å². The van der Waals surface area contributed by atoms with Gasteiger partial charge in [-0.2, -0.15) is 5.10 Å². The van der Waals surface area contributed by atoms with Crippen LogP contribution in [-0.4, -0.2) is 67.7 Å². The standard InChI is InChI=1S/C26H31N3O6/c1-14-10-15(2)20(17(30)11-14)22-21-23(28-27-22)26(31)29(8-7-9-32-3)24(21)16-12-18(33-4)25(35-6)19(13-16)34-5/h10-13,24,30H,7-9H2,1-6H3,(H,27,28). The van der Waals surface area contributed by atoms with Gasteiger partial charge >= 0.3 is 0 Å². The van der Waals surface area contributed by atoms with E-state index in [1.54, 1.807) is 39.4 Å². The third-order valence-electron chi connectivity index (χ3n) is 6.31. The summed E-state index contributed by atoms with van der Waals surface area (Å²) in [5.74, 6) is 1.38. The monoisotopic (exact) mass is 481 g/mol. The molecule has 9 heteroatoms. The third-order valence-corrected chi connectivity index (χ3v) is 6.31. The highest BCUT2D eigenvalue weighted by Gasteiger charge is 2.43. The number of benzene rings is 2. The lowest BCUT2D eigenvalue weighted by atomic mass is 9.92. The Labute approximate surface area is 204 Å². The van der Waals surface area contributed by atoms with Gasteiger partial charge in [0.05, 0.1) is 27.4 Å². The number of phenolic OH excluding ortho intramolecular Hbond substituents is 1. The molecule has 35 heavy (non-hydrogen) atoms. The number of phenols is 1. The van der Waals surface area contributed by atoms with Crippen molar-refractivity contribution in [3.63, 3.8) is 0 Å². The van der Waals surface area contributed by atoms with Crippen molar-refractivity contribution in [2.24, 2.45) is 0 Å². The van der Waals surface area contributed by atoms with Crippen LogP contribution in [0.15, 0.2) is 24.3 Å². The van der Waals surface area contributed by atoms with Crippen molar-refractivity contribution >= 4 is 5.91 Å². The number of nitrogens with zero attached hydrogens (tertiary/aromatic N) is 2. The molecule has 2 aromatic carbocycles. The summed E-state index contributed by atoms with van der Waals surface area (Å²) in [5, 5.41) is 18.3. The van der Waals surface area contributed by atoms with E-state index < -0.39 is 6.04 Å². The minimum Gasteiger partial charge on any atom is -0.507 e. The van der Waals surface area contributed by atoms with Gasteiger partial charge in [0.1, 0.15) is 17.1 Å². The molecule has 0 bridgehead atoms. The Kier molecular flexibility index (Phi) is 6.88. The normalized spacial score (nSPS) is 14.9. The molecule has 1 aliphatic heterocycles. The number of hydrogen-bond acceptors (Lipinski definition) is 7. The van der Waals surface area contributed by atoms with Gasteiger partial charge in [0, 0.05) is 31.4 Å². The molecule has 0 aliphatic carbocycles. The van der Waals surface area contributed by atoms with E-state index in [9.17, 15) is 9.90 Å². The molecule has 0 saturated heterocycles. The fraction of sp³-hybridized carbons (Fsp3) is 0.385. The molecule has 0 fully saturated rings. The summed E-state index contributed by atoms with van der Waals surface area (Å²) in [6.07, 6.45) is 0.658. The Hall–Kier alpha value is -3.72. The fourth-order valence-electron chi connectivity index (χ4n) is 4.86. The number of ether oxygens (including phenoxy) is 4. The number of amides is 1. The predicted octanol–water partition coefficient (Wildman–Crippen LogP) is 4.01. The summed E-state index contributed by atoms with van der Waals surface area (Å²) in [4.78, 5) is 15.3. The van der Waals surface area contributed by atoms with Crippen LogP contribution in [0.2, 0.25) is 0 Å². The number of aromatic amines is 1. The Morgan fingerprint density at radius 1 is 1.03 bits per heavy atom. The number of carbonyl (C=O) groups is 1. The summed E-state index contributed by atoms with van der Waals surface area (Å²) in [6.45, 7) is 4.83. The maximum atomic E-state index is 13.5. The van der Waals surface area contributed by atoms with Gasteiger partial charge in [-0.1, -0.05) is 6.07 Å². The summed E-state index contributed by atoms with van der Waals surface area (Å²) >= 11 is 0. The molecule has 1 aromatic heterocycles. The predicted molar refractivity (Wildman–Crippen MR) is 131 cm³/mol. The highest BCUT2D eigenvalue weighted by Crippen LogP contribution is 2.48. The van der Waals surface area contributed by atoms with Crippen molar-refractivity contribution in [2.75, 3.05) is 41.6 Å². The van der Waals surface area contributed by atoms with Crippen LogP contribution in [0.25, 0.3) is 11.3 Å². The Morgan fingerprint density at radius 2 is 1.71 bits per heavy atom. The number of aromatic nitrogens is 2. The molecule has 9 nitrogen and oxygen atoms in total. The molecule has 0 radical (unpaired) electrons. The van der Waals surface area contributed by atoms with E-state index in [4.69, 9.17) is 18.9 Å². The van der Waals surface area contributed by atoms with Crippen molar-refractivity contribution < 1.29 is 28.8 Å². The summed E-state index contributed by atoms with van der Waals surface area (Å²) in [5.41, 5.74) is 4.81. The topological polar surface area (TPSA) is 106 Å². The number of carbonyl (C=O) groups excluding carboxylic acids is 1. The van der Waals surface area contributed by atoms with Crippen LogP contribution >= 0.6 is 0 Å². The molecule has 0 saturated carbocycles. The number of methoxy groups -OCH3 is 4. The lowest BCUT2D eigenvalue weighted by Crippen LogP contribution is -2.31. The zero-order valence-electron chi connectivity index (χ0n) is 20.9. The second-order valence-electron chi connectivity index (χ2n) is 8.54. The Balaban J connectivity index is 1.94. The minimum atomic E-state index is -0.489. The average molecular weight is 482 g/mol. The van der Waals surface area contributed by atoms with E-state index in [0.717, 1.165) is 16.7 Å². The van der Waals surface area contributed by atoms with Gasteiger partial charge in [-0.05, 0) is 55.2 Å². The third kappa shape index (κ3) is 4.16. The highest BCUT2D eigenvalue weighted by molar-refractivity contribution is 6.00. The van der Waals surface area contributed by atoms with Crippen LogP contribution in [0.3, 0.4) is 0 Å². The summed E-state index contributed by atoms with van der Waals surface area (Å²) in [6, 6.07) is 6.88. The smallest absolute Gasteiger partial charge is 0.273 e. The quantitative estimate of drug-likeness (QED) is 0.445. The molecule has 186 valence electrons. The van der Waals surface area contributed by atoms with Crippen LogP contribution in [0.5, 0.6) is 23.0 Å². The van der Waals surface area contributed by atoms with Crippen molar-refractivity contribution in [1.82, 2.24) is 15.1 Å². The van der Waals surface area contributed by atoms with E-state index in [1.807, 2.05) is 32.0 Å². The number of aromatic hydroxyl groups is 1. The van der Waals surface area contributed by atoms with E-state index in [1.165, 1.54) is 0 Å². The molecule has 1 aliphatic rings. The van der Waals surface area contributed by atoms with Gasteiger partial charge in [-0.25, -0.2) is 0 Å². The largest absolute Gasteiger partial charge is 0.507 e.